The molecule has 3 atom stereocenters. The first-order valence-electron chi connectivity index (χ1n) is 7.53. The summed E-state index contributed by atoms with van der Waals surface area (Å²) < 4.78 is 5.50. The second kappa shape index (κ2) is 5.10. The fourth-order valence-corrected chi connectivity index (χ4v) is 3.64. The maximum absolute atomic E-state index is 10.8. The molecule has 106 valence electrons. The van der Waals surface area contributed by atoms with Gasteiger partial charge in [0.2, 0.25) is 0 Å². The molecule has 0 aromatic heterocycles. The third-order valence-electron chi connectivity index (χ3n) is 5.00. The molecule has 0 bridgehead atoms. The van der Waals surface area contributed by atoms with E-state index >= 15 is 0 Å². The van der Waals surface area contributed by atoms with E-state index in [4.69, 9.17) is 4.74 Å². The maximum atomic E-state index is 10.8. The van der Waals surface area contributed by atoms with Crippen LogP contribution < -0.4 is 4.74 Å². The van der Waals surface area contributed by atoms with E-state index < -0.39 is 11.5 Å². The van der Waals surface area contributed by atoms with E-state index in [9.17, 15) is 10.4 Å². The molecule has 0 spiro atoms. The zero-order valence-electron chi connectivity index (χ0n) is 11.9. The van der Waals surface area contributed by atoms with E-state index in [-0.39, 0.29) is 0 Å². The summed E-state index contributed by atoms with van der Waals surface area (Å²) in [7, 11) is 0. The van der Waals surface area contributed by atoms with Crippen molar-refractivity contribution in [1.29, 1.82) is 5.26 Å². The number of ether oxygens (including phenoxy) is 1. The molecule has 0 radical (unpaired) electrons. The van der Waals surface area contributed by atoms with E-state index in [2.05, 4.69) is 13.0 Å². The Hall–Kier alpha value is -1.53. The monoisotopic (exact) mass is 271 g/mol. The standard InChI is InChI=1S/C17H21NO2/c1-2-12-5-7-17(10-12,11-18)16(19)14-3-4-15-13(9-14)6-8-20-15/h3-4,9,12,16,19H,2,5-8,10H2,1H3. The molecule has 3 rings (SSSR count). The predicted molar refractivity (Wildman–Crippen MR) is 76.3 cm³/mol. The molecule has 1 aromatic rings. The number of hydrogen-bond donors (Lipinski definition) is 1. The number of nitriles is 1. The van der Waals surface area contributed by atoms with E-state index in [1.54, 1.807) is 0 Å². The minimum atomic E-state index is -0.685. The molecule has 1 aliphatic carbocycles. The van der Waals surface area contributed by atoms with E-state index in [1.807, 2.05) is 18.2 Å². The second-order valence-electron chi connectivity index (χ2n) is 6.15. The zero-order valence-corrected chi connectivity index (χ0v) is 11.9. The molecule has 1 heterocycles. The van der Waals surface area contributed by atoms with Crippen LogP contribution in [0.15, 0.2) is 18.2 Å². The lowest BCUT2D eigenvalue weighted by Crippen LogP contribution is -2.24. The van der Waals surface area contributed by atoms with Gasteiger partial charge in [-0.15, -0.1) is 0 Å². The largest absolute Gasteiger partial charge is 0.493 e. The quantitative estimate of drug-likeness (QED) is 0.917. The lowest BCUT2D eigenvalue weighted by Gasteiger charge is -2.28. The Morgan fingerprint density at radius 3 is 3.10 bits per heavy atom. The van der Waals surface area contributed by atoms with E-state index in [0.29, 0.717) is 5.92 Å². The highest BCUT2D eigenvalue weighted by molar-refractivity contribution is 5.41. The summed E-state index contributed by atoms with van der Waals surface area (Å²) in [4.78, 5) is 0. The lowest BCUT2D eigenvalue weighted by molar-refractivity contribution is 0.0640. The van der Waals surface area contributed by atoms with Crippen LogP contribution in [0.25, 0.3) is 0 Å². The van der Waals surface area contributed by atoms with Gasteiger partial charge in [-0.05, 0) is 48.4 Å². The summed E-state index contributed by atoms with van der Waals surface area (Å²) in [6.07, 6.45) is 3.97. The third kappa shape index (κ3) is 2.09. The number of benzene rings is 1. The van der Waals surface area contributed by atoms with Crippen molar-refractivity contribution in [2.45, 2.75) is 45.1 Å². The number of hydrogen-bond acceptors (Lipinski definition) is 3. The van der Waals surface area contributed by atoms with Gasteiger partial charge < -0.3 is 9.84 Å². The fraction of sp³-hybridized carbons (Fsp3) is 0.588. The predicted octanol–water partition coefficient (Wildman–Crippen LogP) is 3.37. The van der Waals surface area contributed by atoms with Crippen molar-refractivity contribution < 1.29 is 9.84 Å². The van der Waals surface area contributed by atoms with Gasteiger partial charge in [0, 0.05) is 6.42 Å². The maximum Gasteiger partial charge on any atom is 0.122 e. The van der Waals surface area contributed by atoms with E-state index in [1.165, 1.54) is 0 Å². The molecule has 1 saturated carbocycles. The van der Waals surface area contributed by atoms with Gasteiger partial charge in [-0.1, -0.05) is 19.4 Å². The van der Waals surface area contributed by atoms with Crippen molar-refractivity contribution in [1.82, 2.24) is 0 Å². The molecule has 3 heteroatoms. The Kier molecular flexibility index (Phi) is 3.43. The van der Waals surface area contributed by atoms with Gasteiger partial charge in [0.25, 0.3) is 0 Å². The van der Waals surface area contributed by atoms with Gasteiger partial charge in [0.1, 0.15) is 5.75 Å². The summed E-state index contributed by atoms with van der Waals surface area (Å²) in [6.45, 7) is 2.88. The summed E-state index contributed by atoms with van der Waals surface area (Å²) in [6, 6.07) is 8.28. The van der Waals surface area contributed by atoms with Crippen molar-refractivity contribution in [3.8, 4) is 11.8 Å². The van der Waals surface area contributed by atoms with Crippen LogP contribution in [0.1, 0.15) is 49.8 Å². The molecule has 2 aliphatic rings. The SMILES string of the molecule is CCC1CCC(C#N)(C(O)c2ccc3c(c2)CCO3)C1. The molecule has 1 fully saturated rings. The number of nitrogens with zero attached hydrogens (tertiary/aromatic N) is 1. The zero-order chi connectivity index (χ0) is 14.2. The first-order chi connectivity index (χ1) is 9.68. The van der Waals surface area contributed by atoms with Crippen molar-refractivity contribution >= 4 is 0 Å². The second-order valence-corrected chi connectivity index (χ2v) is 6.15. The average Bonchev–Trinajstić information content (AvgIpc) is 3.12. The van der Waals surface area contributed by atoms with Crippen LogP contribution in [0, 0.1) is 22.7 Å². The topological polar surface area (TPSA) is 53.2 Å². The Morgan fingerprint density at radius 2 is 2.40 bits per heavy atom. The molecular weight excluding hydrogens is 250 g/mol. The van der Waals surface area contributed by atoms with Crippen molar-refractivity contribution in [3.05, 3.63) is 29.3 Å². The first kappa shape index (κ1) is 13.5. The molecule has 3 nitrogen and oxygen atoms in total. The Labute approximate surface area is 120 Å². The van der Waals surface area contributed by atoms with Crippen LogP contribution in [0.3, 0.4) is 0 Å². The van der Waals surface area contributed by atoms with Gasteiger partial charge in [0.15, 0.2) is 0 Å². The van der Waals surface area contributed by atoms with E-state index in [0.717, 1.165) is 55.6 Å². The fourth-order valence-electron chi connectivity index (χ4n) is 3.64. The van der Waals surface area contributed by atoms with Crippen LogP contribution in [0.5, 0.6) is 5.75 Å². The summed E-state index contributed by atoms with van der Waals surface area (Å²) in [5, 5.41) is 20.4. The average molecular weight is 271 g/mol. The highest BCUT2D eigenvalue weighted by Crippen LogP contribution is 2.50. The van der Waals surface area contributed by atoms with Crippen LogP contribution in [-0.2, 0) is 6.42 Å². The summed E-state index contributed by atoms with van der Waals surface area (Å²) in [5.41, 5.74) is 1.42. The minimum absolute atomic E-state index is 0.571. The van der Waals surface area contributed by atoms with Crippen LogP contribution in [0.4, 0.5) is 0 Å². The first-order valence-corrected chi connectivity index (χ1v) is 7.53. The molecule has 20 heavy (non-hydrogen) atoms. The normalized spacial score (nSPS) is 29.6. The third-order valence-corrected chi connectivity index (χ3v) is 5.00. The van der Waals surface area contributed by atoms with Crippen molar-refractivity contribution in [3.63, 3.8) is 0 Å². The molecule has 1 N–H and O–H groups in total. The Bertz CT molecular complexity index is 548. The number of rotatable bonds is 3. The number of aliphatic hydroxyl groups is 1. The van der Waals surface area contributed by atoms with Crippen LogP contribution in [-0.4, -0.2) is 11.7 Å². The van der Waals surface area contributed by atoms with Gasteiger partial charge in [0.05, 0.1) is 24.2 Å². The Morgan fingerprint density at radius 1 is 1.55 bits per heavy atom. The number of fused-ring (bicyclic) bond motifs is 1. The minimum Gasteiger partial charge on any atom is -0.493 e. The summed E-state index contributed by atoms with van der Waals surface area (Å²) >= 11 is 0. The smallest absolute Gasteiger partial charge is 0.122 e. The van der Waals surface area contributed by atoms with Gasteiger partial charge in [-0.2, -0.15) is 5.26 Å². The van der Waals surface area contributed by atoms with Crippen LogP contribution >= 0.6 is 0 Å². The molecule has 3 unspecified atom stereocenters. The molecule has 0 amide bonds. The number of aliphatic hydroxyl groups excluding tert-OH is 1. The highest BCUT2D eigenvalue weighted by atomic mass is 16.5. The van der Waals surface area contributed by atoms with Crippen molar-refractivity contribution in [2.24, 2.45) is 11.3 Å². The van der Waals surface area contributed by atoms with Crippen molar-refractivity contribution in [2.75, 3.05) is 6.61 Å². The van der Waals surface area contributed by atoms with Gasteiger partial charge in [-0.25, -0.2) is 0 Å². The highest BCUT2D eigenvalue weighted by Gasteiger charge is 2.45. The Balaban J connectivity index is 1.88. The van der Waals surface area contributed by atoms with Crippen LogP contribution in [0.2, 0.25) is 0 Å². The molecule has 1 aliphatic heterocycles. The van der Waals surface area contributed by atoms with Gasteiger partial charge in [-0.3, -0.25) is 0 Å². The molecular formula is C17H21NO2. The summed E-state index contributed by atoms with van der Waals surface area (Å²) in [5.74, 6) is 1.49. The lowest BCUT2D eigenvalue weighted by atomic mass is 9.77. The molecule has 0 saturated heterocycles. The molecule has 1 aromatic carbocycles. The van der Waals surface area contributed by atoms with Gasteiger partial charge >= 0.3 is 0 Å².